The Hall–Kier alpha value is -1.03. The van der Waals surface area contributed by atoms with Gasteiger partial charge in [-0.15, -0.1) is 0 Å². The standard InChI is InChI=1S/C13H19ClNO4P/c1-10(12(16)18-13(2,3)4)15-20(14,17)19-11-8-6-5-7-9-11/h5-10H,1-4H3,(H,15,17)/t10-,20+/m0/s1. The molecule has 0 spiro atoms. The number of hydrogen-bond donors (Lipinski definition) is 1. The van der Waals surface area contributed by atoms with Crippen LogP contribution < -0.4 is 9.61 Å². The minimum Gasteiger partial charge on any atom is -0.459 e. The Balaban J connectivity index is 2.62. The molecule has 0 amide bonds. The quantitative estimate of drug-likeness (QED) is 0.661. The van der Waals surface area contributed by atoms with Crippen molar-refractivity contribution in [1.29, 1.82) is 0 Å². The molecule has 0 aliphatic rings. The van der Waals surface area contributed by atoms with Crippen LogP contribution >= 0.6 is 18.1 Å². The third-order valence-electron chi connectivity index (χ3n) is 2.07. The summed E-state index contributed by atoms with van der Waals surface area (Å²) in [6.07, 6.45) is 0. The van der Waals surface area contributed by atoms with Crippen LogP contribution in [0.3, 0.4) is 0 Å². The Morgan fingerprint density at radius 2 is 1.85 bits per heavy atom. The van der Waals surface area contributed by atoms with Crippen LogP contribution in [0.25, 0.3) is 0 Å². The molecule has 0 saturated heterocycles. The van der Waals surface area contributed by atoms with Crippen molar-refractivity contribution < 1.29 is 18.6 Å². The summed E-state index contributed by atoms with van der Waals surface area (Å²) in [4.78, 5) is 11.8. The van der Waals surface area contributed by atoms with Gasteiger partial charge in [0.15, 0.2) is 0 Å². The maximum absolute atomic E-state index is 12.1. The molecule has 112 valence electrons. The molecular formula is C13H19ClNO4P. The normalized spacial score (nSPS) is 16.1. The average molecular weight is 320 g/mol. The first kappa shape index (κ1) is 17.0. The number of carbonyl (C=O) groups is 1. The molecule has 2 atom stereocenters. The zero-order valence-corrected chi connectivity index (χ0v) is 13.6. The van der Waals surface area contributed by atoms with E-state index in [1.54, 1.807) is 51.1 Å². The Labute approximate surface area is 123 Å². The van der Waals surface area contributed by atoms with Gasteiger partial charge < -0.3 is 9.26 Å². The zero-order valence-electron chi connectivity index (χ0n) is 11.9. The SMILES string of the molecule is C[C@H](N[P@@](=O)(Cl)Oc1ccccc1)C(=O)OC(C)(C)C. The predicted molar refractivity (Wildman–Crippen MR) is 79.0 cm³/mol. The van der Waals surface area contributed by atoms with Gasteiger partial charge in [0.1, 0.15) is 17.4 Å². The lowest BCUT2D eigenvalue weighted by molar-refractivity contribution is -0.156. The van der Waals surface area contributed by atoms with Crippen LogP contribution in [0.15, 0.2) is 30.3 Å². The molecule has 0 aliphatic heterocycles. The molecule has 0 unspecified atom stereocenters. The van der Waals surface area contributed by atoms with Crippen molar-refractivity contribution in [1.82, 2.24) is 5.09 Å². The zero-order chi connectivity index (χ0) is 15.4. The molecule has 1 rings (SSSR count). The molecule has 0 saturated carbocycles. The summed E-state index contributed by atoms with van der Waals surface area (Å²) in [5, 5.41) is 2.45. The number of carbonyl (C=O) groups excluding carboxylic acids is 1. The maximum Gasteiger partial charge on any atom is 0.409 e. The molecule has 1 aromatic carbocycles. The largest absolute Gasteiger partial charge is 0.459 e. The summed E-state index contributed by atoms with van der Waals surface area (Å²) in [7, 11) is 0. The summed E-state index contributed by atoms with van der Waals surface area (Å²) in [5.41, 5.74) is -0.621. The molecular weight excluding hydrogens is 301 g/mol. The van der Waals surface area contributed by atoms with Crippen molar-refractivity contribution in [2.24, 2.45) is 0 Å². The smallest absolute Gasteiger partial charge is 0.409 e. The molecule has 7 heteroatoms. The van der Waals surface area contributed by atoms with E-state index in [1.807, 2.05) is 0 Å². The minimum absolute atomic E-state index is 0.356. The summed E-state index contributed by atoms with van der Waals surface area (Å²) in [6.45, 7) is 3.09. The molecule has 5 nitrogen and oxygen atoms in total. The van der Waals surface area contributed by atoms with Crippen molar-refractivity contribution >= 4 is 24.1 Å². The molecule has 0 aliphatic carbocycles. The van der Waals surface area contributed by atoms with Crippen molar-refractivity contribution in [2.75, 3.05) is 0 Å². The van der Waals surface area contributed by atoms with Crippen LogP contribution in [0.2, 0.25) is 0 Å². The molecule has 20 heavy (non-hydrogen) atoms. The molecule has 0 bridgehead atoms. The highest BCUT2D eigenvalue weighted by Gasteiger charge is 2.30. The van der Waals surface area contributed by atoms with Gasteiger partial charge in [-0.1, -0.05) is 18.2 Å². The van der Waals surface area contributed by atoms with Gasteiger partial charge in [-0.25, -0.2) is 9.65 Å². The number of ether oxygens (including phenoxy) is 1. The number of esters is 1. The van der Waals surface area contributed by atoms with E-state index in [0.717, 1.165) is 0 Å². The van der Waals surface area contributed by atoms with Crippen LogP contribution in [-0.2, 0) is 14.1 Å². The molecule has 0 aromatic heterocycles. The number of hydrogen-bond acceptors (Lipinski definition) is 4. The first-order valence-electron chi connectivity index (χ1n) is 6.14. The van der Waals surface area contributed by atoms with E-state index < -0.39 is 24.5 Å². The van der Waals surface area contributed by atoms with E-state index >= 15 is 0 Å². The summed E-state index contributed by atoms with van der Waals surface area (Å²) < 4.78 is 22.4. The third kappa shape index (κ3) is 6.42. The van der Waals surface area contributed by atoms with Crippen molar-refractivity contribution in [3.63, 3.8) is 0 Å². The fraction of sp³-hybridized carbons (Fsp3) is 0.462. The fourth-order valence-electron chi connectivity index (χ4n) is 1.32. The predicted octanol–water partition coefficient (Wildman–Crippen LogP) is 3.73. The number of halogens is 1. The first-order valence-corrected chi connectivity index (χ1v) is 8.67. The third-order valence-corrected chi connectivity index (χ3v) is 3.72. The molecule has 0 heterocycles. The van der Waals surface area contributed by atoms with E-state index in [-0.39, 0.29) is 0 Å². The second-order valence-electron chi connectivity index (χ2n) is 5.27. The van der Waals surface area contributed by atoms with E-state index in [2.05, 4.69) is 5.09 Å². The number of benzene rings is 1. The first-order chi connectivity index (χ1) is 9.09. The molecule has 1 N–H and O–H groups in total. The van der Waals surface area contributed by atoms with Gasteiger partial charge in [0.25, 0.3) is 0 Å². The minimum atomic E-state index is -3.67. The van der Waals surface area contributed by atoms with Crippen molar-refractivity contribution in [3.05, 3.63) is 30.3 Å². The van der Waals surface area contributed by atoms with E-state index in [9.17, 15) is 9.36 Å². The van der Waals surface area contributed by atoms with Crippen LogP contribution in [0.1, 0.15) is 27.7 Å². The Morgan fingerprint density at radius 3 is 2.35 bits per heavy atom. The van der Waals surface area contributed by atoms with Gasteiger partial charge >= 0.3 is 12.8 Å². The Kier molecular flexibility index (Phi) is 5.63. The average Bonchev–Trinajstić information content (AvgIpc) is 2.26. The van der Waals surface area contributed by atoms with E-state index in [1.165, 1.54) is 6.92 Å². The lowest BCUT2D eigenvalue weighted by Crippen LogP contribution is -2.37. The van der Waals surface area contributed by atoms with Gasteiger partial charge in [-0.3, -0.25) is 4.79 Å². The summed E-state index contributed by atoms with van der Waals surface area (Å²) in [6, 6.07) is 7.64. The summed E-state index contributed by atoms with van der Waals surface area (Å²) >= 11 is 5.80. The Morgan fingerprint density at radius 1 is 1.30 bits per heavy atom. The van der Waals surface area contributed by atoms with Crippen LogP contribution in [0.5, 0.6) is 5.75 Å². The van der Waals surface area contributed by atoms with Crippen LogP contribution in [-0.4, -0.2) is 17.6 Å². The molecule has 0 fully saturated rings. The van der Waals surface area contributed by atoms with Gasteiger partial charge in [0.2, 0.25) is 0 Å². The molecule has 1 aromatic rings. The highest BCUT2D eigenvalue weighted by molar-refractivity contribution is 7.84. The van der Waals surface area contributed by atoms with Gasteiger partial charge in [-0.05, 0) is 39.8 Å². The van der Waals surface area contributed by atoms with E-state index in [0.29, 0.717) is 5.75 Å². The van der Waals surface area contributed by atoms with Crippen molar-refractivity contribution in [3.8, 4) is 5.75 Å². The van der Waals surface area contributed by atoms with Crippen LogP contribution in [0, 0.1) is 0 Å². The second-order valence-corrected chi connectivity index (χ2v) is 8.00. The van der Waals surface area contributed by atoms with Gasteiger partial charge in [-0.2, -0.15) is 0 Å². The van der Waals surface area contributed by atoms with Crippen molar-refractivity contribution in [2.45, 2.75) is 39.3 Å². The summed E-state index contributed by atoms with van der Waals surface area (Å²) in [5.74, 6) is -0.190. The number of para-hydroxylation sites is 1. The lowest BCUT2D eigenvalue weighted by atomic mass is 10.2. The van der Waals surface area contributed by atoms with Crippen LogP contribution in [0.4, 0.5) is 0 Å². The maximum atomic E-state index is 12.1. The number of nitrogens with one attached hydrogen (secondary N) is 1. The topological polar surface area (TPSA) is 64.6 Å². The van der Waals surface area contributed by atoms with Gasteiger partial charge in [0, 0.05) is 11.2 Å². The highest BCUT2D eigenvalue weighted by Crippen LogP contribution is 2.48. The monoisotopic (exact) mass is 319 g/mol. The second kappa shape index (κ2) is 6.61. The Bertz CT molecular complexity index is 501. The van der Waals surface area contributed by atoms with E-state index in [4.69, 9.17) is 20.5 Å². The fourth-order valence-corrected chi connectivity index (χ4v) is 3.01. The molecule has 0 radical (unpaired) electrons. The number of rotatable bonds is 5. The highest BCUT2D eigenvalue weighted by atomic mass is 35.7. The van der Waals surface area contributed by atoms with Gasteiger partial charge in [0.05, 0.1) is 0 Å². The lowest BCUT2D eigenvalue weighted by Gasteiger charge is -2.23.